The van der Waals surface area contributed by atoms with Crippen LogP contribution in [0.15, 0.2) is 78.9 Å². The average Bonchev–Trinajstić information content (AvgIpc) is 2.78. The molecule has 0 fully saturated rings. The van der Waals surface area contributed by atoms with Gasteiger partial charge in [-0.05, 0) is 42.0 Å². The Morgan fingerprint density at radius 2 is 1.45 bits per heavy atom. The number of hydrogen-bond acceptors (Lipinski definition) is 4. The molecule has 0 aliphatic rings. The predicted molar refractivity (Wildman–Crippen MR) is 127 cm³/mol. The summed E-state index contributed by atoms with van der Waals surface area (Å²) in [6.45, 7) is 0.901. The molecule has 0 saturated heterocycles. The number of benzene rings is 3. The number of nitrogens with one attached hydrogen (secondary N) is 2. The first-order valence-corrected chi connectivity index (χ1v) is 10.1. The first-order chi connectivity index (χ1) is 14.9. The van der Waals surface area contributed by atoms with E-state index in [1.165, 1.54) is 10.5 Å². The zero-order valence-electron chi connectivity index (χ0n) is 18.1. The number of nitrogens with zero attached hydrogens (tertiary/aromatic N) is 2. The van der Waals surface area contributed by atoms with Crippen molar-refractivity contribution in [3.63, 3.8) is 0 Å². The minimum Gasteiger partial charge on any atom is -0.374 e. The fourth-order valence-electron chi connectivity index (χ4n) is 3.23. The van der Waals surface area contributed by atoms with Crippen LogP contribution in [0.1, 0.15) is 15.9 Å². The molecule has 0 heterocycles. The number of rotatable bonds is 8. The Morgan fingerprint density at radius 1 is 0.806 bits per heavy atom. The number of para-hydroxylation sites is 2. The van der Waals surface area contributed by atoms with Crippen LogP contribution in [0.2, 0.25) is 0 Å². The van der Waals surface area contributed by atoms with Crippen molar-refractivity contribution in [2.24, 2.45) is 0 Å². The molecule has 0 aliphatic carbocycles. The molecular weight excluding hydrogens is 388 g/mol. The molecule has 0 radical (unpaired) electrons. The highest BCUT2D eigenvalue weighted by Gasteiger charge is 2.11. The van der Waals surface area contributed by atoms with E-state index in [9.17, 15) is 9.59 Å². The van der Waals surface area contributed by atoms with Gasteiger partial charge in [-0.15, -0.1) is 0 Å². The molecule has 31 heavy (non-hydrogen) atoms. The SMILES string of the molecule is CN(C)C(=O)c1ccc(NC(=O)CNc2ccccc2N(C)Cc2ccccc2)cc1. The highest BCUT2D eigenvalue weighted by Crippen LogP contribution is 2.25. The van der Waals surface area contributed by atoms with Gasteiger partial charge in [0.1, 0.15) is 0 Å². The van der Waals surface area contributed by atoms with Crippen LogP contribution < -0.4 is 15.5 Å². The lowest BCUT2D eigenvalue weighted by molar-refractivity contribution is -0.114. The third kappa shape index (κ3) is 6.09. The first kappa shape index (κ1) is 21.9. The molecule has 3 rings (SSSR count). The van der Waals surface area contributed by atoms with Gasteiger partial charge in [0.25, 0.3) is 5.91 Å². The number of anilines is 3. The molecule has 2 N–H and O–H groups in total. The van der Waals surface area contributed by atoms with Crippen molar-refractivity contribution in [1.29, 1.82) is 0 Å². The predicted octanol–water partition coefficient (Wildman–Crippen LogP) is 4.08. The lowest BCUT2D eigenvalue weighted by Gasteiger charge is -2.23. The summed E-state index contributed by atoms with van der Waals surface area (Å²) in [5.74, 6) is -0.233. The Morgan fingerprint density at radius 3 is 2.13 bits per heavy atom. The summed E-state index contributed by atoms with van der Waals surface area (Å²) in [7, 11) is 5.45. The van der Waals surface area contributed by atoms with Crippen LogP contribution in [0, 0.1) is 0 Å². The molecule has 0 unspecified atom stereocenters. The highest BCUT2D eigenvalue weighted by atomic mass is 16.2. The minimum absolute atomic E-state index is 0.0734. The second-order valence-electron chi connectivity index (χ2n) is 7.54. The maximum Gasteiger partial charge on any atom is 0.253 e. The van der Waals surface area contributed by atoms with Gasteiger partial charge in [0.2, 0.25) is 5.91 Å². The first-order valence-electron chi connectivity index (χ1n) is 10.1. The van der Waals surface area contributed by atoms with Crippen molar-refractivity contribution in [1.82, 2.24) is 4.90 Å². The van der Waals surface area contributed by atoms with E-state index in [0.29, 0.717) is 11.3 Å². The molecule has 0 bridgehead atoms. The zero-order chi connectivity index (χ0) is 22.2. The molecular formula is C25H28N4O2. The maximum atomic E-state index is 12.4. The number of carbonyl (C=O) groups is 2. The molecule has 6 nitrogen and oxygen atoms in total. The summed E-state index contributed by atoms with van der Waals surface area (Å²) < 4.78 is 0. The lowest BCUT2D eigenvalue weighted by atomic mass is 10.2. The average molecular weight is 417 g/mol. The van der Waals surface area contributed by atoms with Gasteiger partial charge in [0.05, 0.1) is 17.9 Å². The van der Waals surface area contributed by atoms with E-state index < -0.39 is 0 Å². The van der Waals surface area contributed by atoms with Crippen molar-refractivity contribution in [2.45, 2.75) is 6.54 Å². The van der Waals surface area contributed by atoms with Crippen molar-refractivity contribution in [3.05, 3.63) is 90.0 Å². The van der Waals surface area contributed by atoms with Gasteiger partial charge in [0, 0.05) is 38.9 Å². The number of hydrogen-bond donors (Lipinski definition) is 2. The van der Waals surface area contributed by atoms with E-state index in [-0.39, 0.29) is 18.4 Å². The van der Waals surface area contributed by atoms with Crippen LogP contribution in [-0.4, -0.2) is 44.4 Å². The van der Waals surface area contributed by atoms with E-state index in [0.717, 1.165) is 17.9 Å². The van der Waals surface area contributed by atoms with Crippen LogP contribution in [0.5, 0.6) is 0 Å². The number of amides is 2. The Balaban J connectivity index is 1.58. The molecule has 0 saturated carbocycles. The maximum absolute atomic E-state index is 12.4. The van der Waals surface area contributed by atoms with Gasteiger partial charge in [-0.25, -0.2) is 0 Å². The Hall–Kier alpha value is -3.80. The Bertz CT molecular complexity index is 1020. The number of carbonyl (C=O) groups excluding carboxylic acids is 2. The molecule has 0 aliphatic heterocycles. The van der Waals surface area contributed by atoms with Gasteiger partial charge in [-0.2, -0.15) is 0 Å². The molecule has 3 aromatic carbocycles. The topological polar surface area (TPSA) is 64.7 Å². The van der Waals surface area contributed by atoms with E-state index in [1.54, 1.807) is 38.4 Å². The van der Waals surface area contributed by atoms with Gasteiger partial charge in [-0.3, -0.25) is 9.59 Å². The van der Waals surface area contributed by atoms with Crippen LogP contribution in [0.3, 0.4) is 0 Å². The minimum atomic E-state index is -0.160. The van der Waals surface area contributed by atoms with Crippen molar-refractivity contribution in [2.75, 3.05) is 43.2 Å². The summed E-state index contributed by atoms with van der Waals surface area (Å²) in [5, 5.41) is 6.09. The summed E-state index contributed by atoms with van der Waals surface area (Å²) >= 11 is 0. The van der Waals surface area contributed by atoms with E-state index in [1.807, 2.05) is 49.5 Å². The summed E-state index contributed by atoms with van der Waals surface area (Å²) in [4.78, 5) is 28.1. The molecule has 0 spiro atoms. The summed E-state index contributed by atoms with van der Waals surface area (Å²) in [6, 6.07) is 25.1. The molecule has 160 valence electrons. The van der Waals surface area contributed by atoms with E-state index >= 15 is 0 Å². The Kier molecular flexibility index (Phi) is 7.27. The van der Waals surface area contributed by atoms with Crippen molar-refractivity contribution < 1.29 is 9.59 Å². The second-order valence-corrected chi connectivity index (χ2v) is 7.54. The van der Waals surface area contributed by atoms with Crippen molar-refractivity contribution >= 4 is 28.9 Å². The Labute approximate surface area is 183 Å². The van der Waals surface area contributed by atoms with Gasteiger partial charge in [-0.1, -0.05) is 42.5 Å². The van der Waals surface area contributed by atoms with Crippen LogP contribution in [0.25, 0.3) is 0 Å². The zero-order valence-corrected chi connectivity index (χ0v) is 18.1. The fraction of sp³-hybridized carbons (Fsp3) is 0.200. The van der Waals surface area contributed by atoms with Gasteiger partial charge in [0.15, 0.2) is 0 Å². The van der Waals surface area contributed by atoms with Gasteiger partial charge < -0.3 is 20.4 Å². The van der Waals surface area contributed by atoms with E-state index in [4.69, 9.17) is 0 Å². The molecule has 0 aromatic heterocycles. The van der Waals surface area contributed by atoms with E-state index in [2.05, 4.69) is 27.7 Å². The van der Waals surface area contributed by atoms with Crippen LogP contribution >= 0.6 is 0 Å². The molecule has 3 aromatic rings. The standard InChI is InChI=1S/C25H28N4O2/c1-28(2)25(31)20-13-15-21(16-14-20)27-24(30)17-26-22-11-7-8-12-23(22)29(3)18-19-9-5-4-6-10-19/h4-16,26H,17-18H2,1-3H3,(H,27,30). The fourth-order valence-corrected chi connectivity index (χ4v) is 3.23. The second kappa shape index (κ2) is 10.3. The molecule has 0 atom stereocenters. The molecule has 2 amide bonds. The normalized spacial score (nSPS) is 10.3. The third-order valence-corrected chi connectivity index (χ3v) is 4.84. The largest absolute Gasteiger partial charge is 0.374 e. The van der Waals surface area contributed by atoms with Crippen LogP contribution in [0.4, 0.5) is 17.1 Å². The highest BCUT2D eigenvalue weighted by molar-refractivity contribution is 5.96. The van der Waals surface area contributed by atoms with Gasteiger partial charge >= 0.3 is 0 Å². The third-order valence-electron chi connectivity index (χ3n) is 4.84. The summed E-state index contributed by atoms with van der Waals surface area (Å²) in [5.41, 5.74) is 4.36. The molecule has 6 heteroatoms. The summed E-state index contributed by atoms with van der Waals surface area (Å²) in [6.07, 6.45) is 0. The lowest BCUT2D eigenvalue weighted by Crippen LogP contribution is -2.24. The van der Waals surface area contributed by atoms with Crippen LogP contribution in [-0.2, 0) is 11.3 Å². The monoisotopic (exact) mass is 416 g/mol. The smallest absolute Gasteiger partial charge is 0.253 e. The quantitative estimate of drug-likeness (QED) is 0.581. The van der Waals surface area contributed by atoms with Crippen molar-refractivity contribution in [3.8, 4) is 0 Å².